The van der Waals surface area contributed by atoms with E-state index in [9.17, 15) is 14.0 Å². The zero-order valence-corrected chi connectivity index (χ0v) is 10.6. The highest BCUT2D eigenvalue weighted by atomic mass is 19.1. The third-order valence-electron chi connectivity index (χ3n) is 3.47. The zero-order valence-electron chi connectivity index (χ0n) is 10.6. The van der Waals surface area contributed by atoms with E-state index >= 15 is 0 Å². The highest BCUT2D eigenvalue weighted by Gasteiger charge is 2.28. The highest BCUT2D eigenvalue weighted by molar-refractivity contribution is 6.09. The largest absolute Gasteiger partial charge is 0.481 e. The molecule has 0 radical (unpaired) electrons. The van der Waals surface area contributed by atoms with Crippen LogP contribution in [0.4, 0.5) is 4.39 Å². The van der Waals surface area contributed by atoms with Crippen LogP contribution in [0.5, 0.6) is 0 Å². The van der Waals surface area contributed by atoms with Gasteiger partial charge in [-0.05, 0) is 12.1 Å². The molecule has 0 aliphatic heterocycles. The normalized spacial score (nSPS) is 14.3. The minimum Gasteiger partial charge on any atom is -0.481 e. The molecule has 1 heterocycles. The fourth-order valence-corrected chi connectivity index (χ4v) is 2.02. The fraction of sp³-hybridized carbons (Fsp3) is 0.286. The molecule has 2 N–H and O–H groups in total. The molecule has 0 saturated heterocycles. The van der Waals surface area contributed by atoms with E-state index < -0.39 is 23.6 Å². The molecule has 0 fully saturated rings. The van der Waals surface area contributed by atoms with Crippen LogP contribution in [0.25, 0.3) is 10.9 Å². The topological polar surface area (TPSA) is 70.2 Å². The maximum Gasteiger partial charge on any atom is 0.306 e. The number of hydrogen-bond donors (Lipinski definition) is 2. The summed E-state index contributed by atoms with van der Waals surface area (Å²) in [5.41, 5.74) is 0.729. The number of aromatic nitrogens is 1. The number of ketones is 1. The monoisotopic (exact) mass is 263 g/mol. The van der Waals surface area contributed by atoms with Gasteiger partial charge in [-0.1, -0.05) is 19.9 Å². The van der Waals surface area contributed by atoms with Crippen LogP contribution < -0.4 is 0 Å². The molecule has 2 unspecified atom stereocenters. The van der Waals surface area contributed by atoms with Crippen LogP contribution >= 0.6 is 0 Å². The lowest BCUT2D eigenvalue weighted by atomic mass is 9.88. The van der Waals surface area contributed by atoms with Crippen molar-refractivity contribution in [2.24, 2.45) is 11.8 Å². The lowest BCUT2D eigenvalue weighted by molar-refractivity contribution is -0.142. The first-order chi connectivity index (χ1) is 8.93. The number of benzene rings is 1. The van der Waals surface area contributed by atoms with Crippen LogP contribution in [-0.4, -0.2) is 21.8 Å². The first-order valence-electron chi connectivity index (χ1n) is 5.96. The summed E-state index contributed by atoms with van der Waals surface area (Å²) >= 11 is 0. The number of carboxylic acid groups (broad SMARTS) is 1. The number of aromatic amines is 1. The molecule has 4 nitrogen and oxygen atoms in total. The second kappa shape index (κ2) is 4.84. The Morgan fingerprint density at radius 1 is 1.26 bits per heavy atom. The molecular weight excluding hydrogens is 249 g/mol. The molecule has 2 atom stereocenters. The minimum atomic E-state index is -1.04. The van der Waals surface area contributed by atoms with Crippen molar-refractivity contribution in [2.75, 3.05) is 0 Å². The maximum atomic E-state index is 13.8. The van der Waals surface area contributed by atoms with Gasteiger partial charge in [-0.15, -0.1) is 0 Å². The first kappa shape index (κ1) is 13.3. The van der Waals surface area contributed by atoms with Crippen molar-refractivity contribution < 1.29 is 19.1 Å². The number of H-pyrrole nitrogens is 1. The molecule has 1 aromatic heterocycles. The molecule has 1 aromatic carbocycles. The van der Waals surface area contributed by atoms with E-state index in [1.807, 2.05) is 0 Å². The Morgan fingerprint density at radius 3 is 2.58 bits per heavy atom. The summed E-state index contributed by atoms with van der Waals surface area (Å²) in [6.07, 6.45) is 1.43. The predicted octanol–water partition coefficient (Wildman–Crippen LogP) is 2.85. The van der Waals surface area contributed by atoms with Crippen molar-refractivity contribution in [2.45, 2.75) is 13.8 Å². The van der Waals surface area contributed by atoms with E-state index in [1.54, 1.807) is 19.1 Å². The number of fused-ring (bicyclic) bond motifs is 1. The van der Waals surface area contributed by atoms with Crippen molar-refractivity contribution in [1.82, 2.24) is 4.98 Å². The Kier molecular flexibility index (Phi) is 3.38. The van der Waals surface area contributed by atoms with E-state index in [0.29, 0.717) is 5.52 Å². The standard InChI is InChI=1S/C14H14FNO3/c1-7(8(2)14(18)19)13(17)9-6-16-11-5-3-4-10(15)12(9)11/h3-8,16H,1-2H3,(H,18,19). The van der Waals surface area contributed by atoms with Gasteiger partial charge in [-0.2, -0.15) is 0 Å². The number of Topliss-reactive ketones (excluding diaryl/α,β-unsaturated/α-hetero) is 1. The van der Waals surface area contributed by atoms with E-state index in [2.05, 4.69) is 4.98 Å². The molecule has 2 aromatic rings. The van der Waals surface area contributed by atoms with Crippen LogP contribution in [0.2, 0.25) is 0 Å². The lowest BCUT2D eigenvalue weighted by Crippen LogP contribution is -2.25. The van der Waals surface area contributed by atoms with Crippen LogP contribution in [-0.2, 0) is 4.79 Å². The summed E-state index contributed by atoms with van der Waals surface area (Å²) < 4.78 is 13.8. The molecule has 100 valence electrons. The average Bonchev–Trinajstić information content (AvgIpc) is 2.81. The second-order valence-corrected chi connectivity index (χ2v) is 4.64. The van der Waals surface area contributed by atoms with Gasteiger partial charge in [0.2, 0.25) is 0 Å². The van der Waals surface area contributed by atoms with Gasteiger partial charge in [0.15, 0.2) is 5.78 Å². The van der Waals surface area contributed by atoms with Crippen molar-refractivity contribution in [3.8, 4) is 0 Å². The van der Waals surface area contributed by atoms with E-state index in [1.165, 1.54) is 19.2 Å². The van der Waals surface area contributed by atoms with Gasteiger partial charge in [-0.25, -0.2) is 4.39 Å². The first-order valence-corrected chi connectivity index (χ1v) is 5.96. The number of carbonyl (C=O) groups is 2. The van der Waals surface area contributed by atoms with Crippen molar-refractivity contribution in [3.05, 3.63) is 35.8 Å². The molecule has 2 rings (SSSR count). The molecule has 0 aliphatic rings. The second-order valence-electron chi connectivity index (χ2n) is 4.64. The molecule has 5 heteroatoms. The molecule has 0 bridgehead atoms. The molecular formula is C14H14FNO3. The van der Waals surface area contributed by atoms with Gasteiger partial charge in [0.25, 0.3) is 0 Å². The van der Waals surface area contributed by atoms with Crippen LogP contribution in [0.15, 0.2) is 24.4 Å². The highest BCUT2D eigenvalue weighted by Crippen LogP contribution is 2.26. The van der Waals surface area contributed by atoms with Crippen molar-refractivity contribution in [3.63, 3.8) is 0 Å². The number of aliphatic carboxylic acids is 1. The van der Waals surface area contributed by atoms with Gasteiger partial charge < -0.3 is 10.1 Å². The zero-order chi connectivity index (χ0) is 14.2. The Bertz CT molecular complexity index is 647. The Balaban J connectivity index is 2.45. The number of carboxylic acids is 1. The van der Waals surface area contributed by atoms with Crippen LogP contribution in [0.1, 0.15) is 24.2 Å². The number of carbonyl (C=O) groups excluding carboxylic acids is 1. The Labute approximate surface area is 109 Å². The summed E-state index contributed by atoms with van der Waals surface area (Å²) in [5.74, 6) is -3.43. The molecule has 19 heavy (non-hydrogen) atoms. The quantitative estimate of drug-likeness (QED) is 0.833. The van der Waals surface area contributed by atoms with Crippen molar-refractivity contribution >= 4 is 22.7 Å². The van der Waals surface area contributed by atoms with Gasteiger partial charge in [0.1, 0.15) is 5.82 Å². The van der Waals surface area contributed by atoms with Crippen LogP contribution in [0, 0.1) is 17.7 Å². The van der Waals surface area contributed by atoms with Crippen LogP contribution in [0.3, 0.4) is 0 Å². The lowest BCUT2D eigenvalue weighted by Gasteiger charge is -2.14. The van der Waals surface area contributed by atoms with Gasteiger partial charge in [0.05, 0.1) is 5.92 Å². The summed E-state index contributed by atoms with van der Waals surface area (Å²) in [4.78, 5) is 26.0. The third kappa shape index (κ3) is 2.23. The number of hydrogen-bond acceptors (Lipinski definition) is 2. The summed E-state index contributed by atoms with van der Waals surface area (Å²) in [7, 11) is 0. The van der Waals surface area contributed by atoms with E-state index in [-0.39, 0.29) is 16.7 Å². The minimum absolute atomic E-state index is 0.203. The molecule has 0 saturated carbocycles. The number of nitrogens with one attached hydrogen (secondary N) is 1. The summed E-state index contributed by atoms with van der Waals surface area (Å²) in [6.45, 7) is 3.01. The van der Waals surface area contributed by atoms with E-state index in [0.717, 1.165) is 0 Å². The SMILES string of the molecule is CC(C(=O)O)C(C)C(=O)c1c[nH]c2cccc(F)c12. The molecule has 0 amide bonds. The van der Waals surface area contributed by atoms with Crippen molar-refractivity contribution in [1.29, 1.82) is 0 Å². The van der Waals surface area contributed by atoms with Gasteiger partial charge in [0, 0.05) is 28.6 Å². The predicted molar refractivity (Wildman–Crippen MR) is 68.6 cm³/mol. The smallest absolute Gasteiger partial charge is 0.306 e. The fourth-order valence-electron chi connectivity index (χ4n) is 2.02. The summed E-state index contributed by atoms with van der Waals surface area (Å²) in [5, 5.41) is 9.15. The number of halogens is 1. The molecule has 0 aliphatic carbocycles. The average molecular weight is 263 g/mol. The van der Waals surface area contributed by atoms with E-state index in [4.69, 9.17) is 5.11 Å². The number of rotatable bonds is 4. The summed E-state index contributed by atoms with van der Waals surface area (Å²) in [6, 6.07) is 4.49. The van der Waals surface area contributed by atoms with Gasteiger partial charge >= 0.3 is 5.97 Å². The molecule has 0 spiro atoms. The Morgan fingerprint density at radius 2 is 1.95 bits per heavy atom. The maximum absolute atomic E-state index is 13.8. The Hall–Kier alpha value is -2.17. The third-order valence-corrected chi connectivity index (χ3v) is 3.47. The van der Waals surface area contributed by atoms with Gasteiger partial charge in [-0.3, -0.25) is 9.59 Å².